The highest BCUT2D eigenvalue weighted by molar-refractivity contribution is 5.49. The molecule has 4 atom stereocenters. The monoisotopic (exact) mass is 322 g/mol. The Labute approximate surface area is 136 Å². The quantitative estimate of drug-likeness (QED) is 0.926. The van der Waals surface area contributed by atoms with Gasteiger partial charge < -0.3 is 15.0 Å². The predicted octanol–water partition coefficient (Wildman–Crippen LogP) is 2.95. The van der Waals surface area contributed by atoms with E-state index in [9.17, 15) is 8.78 Å². The highest BCUT2D eigenvalue weighted by Crippen LogP contribution is 2.52. The number of anilines is 1. The van der Waals surface area contributed by atoms with Crippen LogP contribution in [0.2, 0.25) is 0 Å². The van der Waals surface area contributed by atoms with E-state index in [1.165, 1.54) is 6.07 Å². The number of fused-ring (bicyclic) bond motifs is 1. The lowest BCUT2D eigenvalue weighted by Gasteiger charge is -2.55. The predicted molar refractivity (Wildman–Crippen MR) is 85.5 cm³/mol. The molecule has 1 aromatic carbocycles. The lowest BCUT2D eigenvalue weighted by molar-refractivity contribution is -0.114. The summed E-state index contributed by atoms with van der Waals surface area (Å²) in [4.78, 5) is 2.01. The lowest BCUT2D eigenvalue weighted by atomic mass is 9.57. The van der Waals surface area contributed by atoms with Gasteiger partial charge in [-0.2, -0.15) is 0 Å². The minimum absolute atomic E-state index is 0.162. The summed E-state index contributed by atoms with van der Waals surface area (Å²) in [6, 6.07) is 4.66. The van der Waals surface area contributed by atoms with E-state index in [4.69, 9.17) is 4.74 Å². The number of halogens is 2. The van der Waals surface area contributed by atoms with Gasteiger partial charge in [0.05, 0.1) is 11.8 Å². The molecule has 2 saturated heterocycles. The van der Waals surface area contributed by atoms with Crippen LogP contribution in [0.1, 0.15) is 26.7 Å². The third-order valence-electron chi connectivity index (χ3n) is 5.95. The smallest absolute Gasteiger partial charge is 0.149 e. The molecule has 2 aliphatic heterocycles. The van der Waals surface area contributed by atoms with Crippen molar-refractivity contribution < 1.29 is 13.5 Å². The Kier molecular flexibility index (Phi) is 3.61. The Balaban J connectivity index is 1.41. The molecule has 1 saturated carbocycles. The number of hydrogen-bond acceptors (Lipinski definition) is 3. The van der Waals surface area contributed by atoms with Crippen molar-refractivity contribution in [3.8, 4) is 0 Å². The first kappa shape index (κ1) is 15.3. The molecule has 1 aliphatic carbocycles. The van der Waals surface area contributed by atoms with Gasteiger partial charge in [0.15, 0.2) is 0 Å². The van der Waals surface area contributed by atoms with Crippen LogP contribution in [0.3, 0.4) is 0 Å². The third-order valence-corrected chi connectivity index (χ3v) is 5.95. The first-order valence-electron chi connectivity index (χ1n) is 8.54. The maximum absolute atomic E-state index is 13.9. The van der Waals surface area contributed by atoms with Crippen LogP contribution in [-0.2, 0) is 4.74 Å². The molecule has 4 rings (SSSR count). The van der Waals surface area contributed by atoms with Gasteiger partial charge in [-0.15, -0.1) is 0 Å². The van der Waals surface area contributed by atoms with Gasteiger partial charge in [0.1, 0.15) is 11.6 Å². The molecular weight excluding hydrogens is 298 g/mol. The Morgan fingerprint density at radius 3 is 2.87 bits per heavy atom. The molecule has 5 heteroatoms. The maximum Gasteiger partial charge on any atom is 0.149 e. The van der Waals surface area contributed by atoms with Crippen molar-refractivity contribution in [2.75, 3.05) is 24.6 Å². The van der Waals surface area contributed by atoms with Crippen molar-refractivity contribution in [2.45, 2.75) is 44.9 Å². The molecule has 1 N–H and O–H groups in total. The summed E-state index contributed by atoms with van der Waals surface area (Å²) in [6.07, 6.45) is 2.50. The number of hydrogen-bond donors (Lipinski definition) is 1. The van der Waals surface area contributed by atoms with Crippen molar-refractivity contribution in [1.29, 1.82) is 0 Å². The summed E-state index contributed by atoms with van der Waals surface area (Å²) < 4.78 is 32.9. The fraction of sp³-hybridized carbons (Fsp3) is 0.667. The number of benzene rings is 1. The van der Waals surface area contributed by atoms with Crippen LogP contribution in [0.15, 0.2) is 18.2 Å². The van der Waals surface area contributed by atoms with Crippen molar-refractivity contribution >= 4 is 5.69 Å². The summed E-state index contributed by atoms with van der Waals surface area (Å²) in [6.45, 7) is 6.98. The van der Waals surface area contributed by atoms with Crippen LogP contribution in [0, 0.1) is 23.0 Å². The zero-order valence-corrected chi connectivity index (χ0v) is 13.7. The molecule has 3 nitrogen and oxygen atoms in total. The summed E-state index contributed by atoms with van der Waals surface area (Å²) in [7, 11) is 0. The van der Waals surface area contributed by atoms with Crippen LogP contribution in [0.4, 0.5) is 14.5 Å². The SMILES string of the molecule is CC1(C)[C@H](N[C@@H]2CCN(c3ccc(F)cc3F)C2)[C@H]2CCO[C@@H]21. The zero-order chi connectivity index (χ0) is 16.2. The summed E-state index contributed by atoms with van der Waals surface area (Å²) in [5.74, 6) is -0.385. The Morgan fingerprint density at radius 2 is 2.09 bits per heavy atom. The van der Waals surface area contributed by atoms with Gasteiger partial charge in [0.25, 0.3) is 0 Å². The third kappa shape index (κ3) is 2.45. The minimum Gasteiger partial charge on any atom is -0.377 e. The number of nitrogens with one attached hydrogen (secondary N) is 1. The molecule has 1 aromatic rings. The van der Waals surface area contributed by atoms with E-state index in [0.717, 1.165) is 38.6 Å². The standard InChI is InChI=1S/C18H24F2N2O/c1-18(2)16(13-6-8-23-17(13)18)21-12-5-7-22(10-12)15-4-3-11(19)9-14(15)20/h3-4,9,12-13,16-17,21H,5-8,10H2,1-2H3/t12-,13-,16-,17+/m1/s1. The number of nitrogens with zero attached hydrogens (tertiary/aromatic N) is 1. The first-order chi connectivity index (χ1) is 11.0. The molecule has 0 bridgehead atoms. The van der Waals surface area contributed by atoms with Crippen LogP contribution >= 0.6 is 0 Å². The van der Waals surface area contributed by atoms with E-state index >= 15 is 0 Å². The molecule has 3 aliphatic rings. The molecule has 2 heterocycles. The van der Waals surface area contributed by atoms with E-state index in [1.807, 2.05) is 4.90 Å². The van der Waals surface area contributed by atoms with E-state index < -0.39 is 11.6 Å². The molecule has 0 radical (unpaired) electrons. The van der Waals surface area contributed by atoms with Crippen LogP contribution in [-0.4, -0.2) is 37.9 Å². The van der Waals surface area contributed by atoms with Gasteiger partial charge in [-0.05, 0) is 25.0 Å². The van der Waals surface area contributed by atoms with Gasteiger partial charge in [0.2, 0.25) is 0 Å². The van der Waals surface area contributed by atoms with Gasteiger partial charge in [-0.1, -0.05) is 13.8 Å². The highest BCUT2D eigenvalue weighted by Gasteiger charge is 2.59. The average Bonchev–Trinajstić information content (AvgIpc) is 3.12. The maximum atomic E-state index is 13.9. The molecule has 3 fully saturated rings. The second-order valence-corrected chi connectivity index (χ2v) is 7.74. The van der Waals surface area contributed by atoms with E-state index in [0.29, 0.717) is 29.8 Å². The minimum atomic E-state index is -0.524. The van der Waals surface area contributed by atoms with Crippen LogP contribution in [0.5, 0.6) is 0 Å². The Hall–Kier alpha value is -1.20. The molecule has 0 unspecified atom stereocenters. The first-order valence-corrected chi connectivity index (χ1v) is 8.54. The van der Waals surface area contributed by atoms with Gasteiger partial charge in [0, 0.05) is 49.2 Å². The fourth-order valence-electron chi connectivity index (χ4n) is 4.77. The molecule has 126 valence electrons. The fourth-order valence-corrected chi connectivity index (χ4v) is 4.77. The molecule has 0 spiro atoms. The summed E-state index contributed by atoms with van der Waals surface area (Å²) >= 11 is 0. The van der Waals surface area contributed by atoms with Crippen molar-refractivity contribution in [2.24, 2.45) is 11.3 Å². The lowest BCUT2D eigenvalue weighted by Crippen LogP contribution is -2.67. The van der Waals surface area contributed by atoms with E-state index in [1.54, 1.807) is 6.07 Å². The van der Waals surface area contributed by atoms with Crippen molar-refractivity contribution in [1.82, 2.24) is 5.32 Å². The van der Waals surface area contributed by atoms with Crippen molar-refractivity contribution in [3.63, 3.8) is 0 Å². The van der Waals surface area contributed by atoms with Crippen molar-refractivity contribution in [3.05, 3.63) is 29.8 Å². The summed E-state index contributed by atoms with van der Waals surface area (Å²) in [5.41, 5.74) is 0.668. The average molecular weight is 322 g/mol. The summed E-state index contributed by atoms with van der Waals surface area (Å²) in [5, 5.41) is 3.79. The molecule has 23 heavy (non-hydrogen) atoms. The van der Waals surface area contributed by atoms with Gasteiger partial charge >= 0.3 is 0 Å². The Morgan fingerprint density at radius 1 is 1.26 bits per heavy atom. The number of rotatable bonds is 3. The zero-order valence-electron chi connectivity index (χ0n) is 13.7. The molecule has 0 amide bonds. The van der Waals surface area contributed by atoms with Crippen LogP contribution in [0.25, 0.3) is 0 Å². The highest BCUT2D eigenvalue weighted by atomic mass is 19.1. The second-order valence-electron chi connectivity index (χ2n) is 7.74. The normalized spacial score (nSPS) is 35.2. The second kappa shape index (κ2) is 5.42. The van der Waals surface area contributed by atoms with E-state index in [-0.39, 0.29) is 5.41 Å². The van der Waals surface area contributed by atoms with Gasteiger partial charge in [-0.3, -0.25) is 0 Å². The van der Waals surface area contributed by atoms with Gasteiger partial charge in [-0.25, -0.2) is 8.78 Å². The van der Waals surface area contributed by atoms with Crippen LogP contribution < -0.4 is 10.2 Å². The Bertz CT molecular complexity index is 607. The largest absolute Gasteiger partial charge is 0.377 e. The molecular formula is C18H24F2N2O. The molecule has 0 aromatic heterocycles. The van der Waals surface area contributed by atoms with E-state index in [2.05, 4.69) is 19.2 Å². The number of ether oxygens (including phenoxy) is 1. The topological polar surface area (TPSA) is 24.5 Å².